The van der Waals surface area contributed by atoms with E-state index in [0.29, 0.717) is 16.5 Å². The average Bonchev–Trinajstić information content (AvgIpc) is 2.79. The van der Waals surface area contributed by atoms with Crippen LogP contribution in [0.3, 0.4) is 0 Å². The first-order valence-electron chi connectivity index (χ1n) is 6.23. The van der Waals surface area contributed by atoms with E-state index in [1.165, 1.54) is 18.2 Å². The van der Waals surface area contributed by atoms with Gasteiger partial charge in [0, 0.05) is 11.8 Å². The van der Waals surface area contributed by atoms with Crippen molar-refractivity contribution >= 4 is 22.5 Å². The van der Waals surface area contributed by atoms with Crippen molar-refractivity contribution < 1.29 is 19.0 Å². The minimum Gasteiger partial charge on any atom is -0.393 e. The zero-order chi connectivity index (χ0) is 14.3. The van der Waals surface area contributed by atoms with Gasteiger partial charge in [-0.05, 0) is 29.8 Å². The largest absolute Gasteiger partial charge is 0.393 e. The van der Waals surface area contributed by atoms with E-state index in [1.54, 1.807) is 6.07 Å². The number of hydrogen-bond acceptors (Lipinski definition) is 5. The predicted octanol–water partition coefficient (Wildman–Crippen LogP) is 1.35. The molecular weight excluding hydrogens is 263 g/mol. The monoisotopic (exact) mass is 276 g/mol. The van der Waals surface area contributed by atoms with E-state index in [1.807, 2.05) is 0 Å². The number of aliphatic hydroxyl groups is 1. The van der Waals surface area contributed by atoms with E-state index in [4.69, 9.17) is 15.6 Å². The molecule has 1 fully saturated rings. The van der Waals surface area contributed by atoms with Crippen LogP contribution in [0.4, 0.5) is 10.2 Å². The van der Waals surface area contributed by atoms with E-state index in [9.17, 15) is 9.18 Å². The summed E-state index contributed by atoms with van der Waals surface area (Å²) < 4.78 is 18.9. The molecule has 20 heavy (non-hydrogen) atoms. The Hall–Kier alpha value is -2.05. The van der Waals surface area contributed by atoms with Gasteiger partial charge in [0.2, 0.25) is 0 Å². The van der Waals surface area contributed by atoms with Gasteiger partial charge in [-0.3, -0.25) is 4.79 Å². The molecule has 0 saturated carbocycles. The van der Waals surface area contributed by atoms with Crippen molar-refractivity contribution in [2.75, 3.05) is 12.3 Å². The van der Waals surface area contributed by atoms with Crippen molar-refractivity contribution in [3.05, 3.63) is 35.6 Å². The summed E-state index contributed by atoms with van der Waals surface area (Å²) in [4.78, 5) is 15.8. The smallest absolute Gasteiger partial charge is 0.166 e. The zero-order valence-corrected chi connectivity index (χ0v) is 10.5. The number of halogens is 1. The zero-order valence-electron chi connectivity index (χ0n) is 10.5. The Labute approximate surface area is 114 Å². The summed E-state index contributed by atoms with van der Waals surface area (Å²) in [6.45, 7) is -0.359. The molecule has 0 bridgehead atoms. The van der Waals surface area contributed by atoms with Crippen molar-refractivity contribution in [1.82, 2.24) is 4.98 Å². The van der Waals surface area contributed by atoms with Gasteiger partial charge in [0.15, 0.2) is 5.78 Å². The minimum atomic E-state index is -0.821. The number of nitrogens with zero attached hydrogens (tertiary/aromatic N) is 1. The van der Waals surface area contributed by atoms with Gasteiger partial charge < -0.3 is 15.6 Å². The van der Waals surface area contributed by atoms with Crippen LogP contribution in [0.25, 0.3) is 10.9 Å². The number of carbonyl (C=O) groups excluding carboxylic acids is 1. The SMILES string of the molecule is Nc1cc(C2CC(=O)[C@@H](CO)O2)c2cc(F)ccc2n1. The fraction of sp³-hybridized carbons (Fsp3) is 0.286. The number of nitrogens with two attached hydrogens (primary N) is 1. The molecule has 1 aliphatic rings. The standard InChI is InChI=1S/C14H13FN2O3/c15-7-1-2-10-8(3-7)9(4-14(16)17-10)12-5-11(19)13(6-18)20-12/h1-4,12-13,18H,5-6H2,(H2,16,17)/t12?,13-/m1/s1. The number of carbonyl (C=O) groups is 1. The van der Waals surface area contributed by atoms with Crippen LogP contribution in [-0.4, -0.2) is 28.6 Å². The van der Waals surface area contributed by atoms with Gasteiger partial charge in [0.05, 0.1) is 18.2 Å². The maximum atomic E-state index is 13.4. The molecule has 1 aromatic carbocycles. The molecule has 2 heterocycles. The van der Waals surface area contributed by atoms with Crippen LogP contribution in [0.5, 0.6) is 0 Å². The Morgan fingerprint density at radius 2 is 2.25 bits per heavy atom. The molecule has 0 radical (unpaired) electrons. The summed E-state index contributed by atoms with van der Waals surface area (Å²) in [5.74, 6) is -0.284. The fourth-order valence-electron chi connectivity index (χ4n) is 2.48. The normalized spacial score (nSPS) is 22.6. The van der Waals surface area contributed by atoms with Gasteiger partial charge in [0.25, 0.3) is 0 Å². The lowest BCUT2D eigenvalue weighted by atomic mass is 10.0. The van der Waals surface area contributed by atoms with E-state index in [2.05, 4.69) is 4.98 Å². The molecule has 6 heteroatoms. The van der Waals surface area contributed by atoms with Gasteiger partial charge in [-0.25, -0.2) is 9.37 Å². The van der Waals surface area contributed by atoms with Gasteiger partial charge in [0.1, 0.15) is 17.7 Å². The number of rotatable bonds is 2. The third-order valence-corrected chi connectivity index (χ3v) is 3.41. The van der Waals surface area contributed by atoms with E-state index in [0.717, 1.165) is 0 Å². The lowest BCUT2D eigenvalue weighted by Gasteiger charge is -2.14. The number of aromatic nitrogens is 1. The second kappa shape index (κ2) is 4.81. The summed E-state index contributed by atoms with van der Waals surface area (Å²) in [7, 11) is 0. The predicted molar refractivity (Wildman–Crippen MR) is 70.4 cm³/mol. The molecule has 1 aliphatic heterocycles. The molecule has 0 aliphatic carbocycles. The van der Waals surface area contributed by atoms with Crippen molar-refractivity contribution in [1.29, 1.82) is 0 Å². The molecule has 3 N–H and O–H groups in total. The number of ether oxygens (including phenoxy) is 1. The van der Waals surface area contributed by atoms with Crippen LogP contribution in [0.1, 0.15) is 18.1 Å². The van der Waals surface area contributed by atoms with Gasteiger partial charge in [-0.1, -0.05) is 0 Å². The molecule has 2 atom stereocenters. The van der Waals surface area contributed by atoms with Crippen LogP contribution >= 0.6 is 0 Å². The number of anilines is 1. The molecular formula is C14H13FN2O3. The molecule has 0 spiro atoms. The van der Waals surface area contributed by atoms with Crippen LogP contribution in [-0.2, 0) is 9.53 Å². The number of hydrogen-bond donors (Lipinski definition) is 2. The molecule has 104 valence electrons. The van der Waals surface area contributed by atoms with Gasteiger partial charge >= 0.3 is 0 Å². The van der Waals surface area contributed by atoms with Crippen molar-refractivity contribution in [3.63, 3.8) is 0 Å². The number of ketones is 1. The Morgan fingerprint density at radius 3 is 2.95 bits per heavy atom. The highest BCUT2D eigenvalue weighted by Crippen LogP contribution is 2.35. The Balaban J connectivity index is 2.11. The third kappa shape index (κ3) is 2.13. The highest BCUT2D eigenvalue weighted by atomic mass is 19.1. The maximum Gasteiger partial charge on any atom is 0.166 e. The number of aliphatic hydroxyl groups excluding tert-OH is 1. The summed E-state index contributed by atoms with van der Waals surface area (Å²) in [6, 6.07) is 5.76. The summed E-state index contributed by atoms with van der Waals surface area (Å²) in [5.41, 5.74) is 6.91. The lowest BCUT2D eigenvalue weighted by molar-refractivity contribution is -0.124. The highest BCUT2D eigenvalue weighted by molar-refractivity contribution is 5.89. The summed E-state index contributed by atoms with van der Waals surface area (Å²) >= 11 is 0. The molecule has 1 unspecified atom stereocenters. The second-order valence-corrected chi connectivity index (χ2v) is 4.76. The molecule has 0 amide bonds. The molecule has 3 rings (SSSR count). The highest BCUT2D eigenvalue weighted by Gasteiger charge is 2.34. The molecule has 1 saturated heterocycles. The van der Waals surface area contributed by atoms with Gasteiger partial charge in [-0.2, -0.15) is 0 Å². The Morgan fingerprint density at radius 1 is 1.45 bits per heavy atom. The lowest BCUT2D eigenvalue weighted by Crippen LogP contribution is -2.19. The minimum absolute atomic E-state index is 0.139. The van der Waals surface area contributed by atoms with Crippen LogP contribution < -0.4 is 5.73 Å². The molecule has 2 aromatic rings. The van der Waals surface area contributed by atoms with Crippen molar-refractivity contribution in [2.24, 2.45) is 0 Å². The third-order valence-electron chi connectivity index (χ3n) is 3.41. The first-order valence-corrected chi connectivity index (χ1v) is 6.23. The van der Waals surface area contributed by atoms with Crippen LogP contribution in [0.2, 0.25) is 0 Å². The first-order chi connectivity index (χ1) is 9.58. The van der Waals surface area contributed by atoms with Crippen molar-refractivity contribution in [2.45, 2.75) is 18.6 Å². The number of pyridine rings is 1. The summed E-state index contributed by atoms with van der Waals surface area (Å²) in [6.07, 6.45) is -1.22. The molecule has 5 nitrogen and oxygen atoms in total. The number of nitrogen functional groups attached to an aromatic ring is 1. The molecule has 1 aromatic heterocycles. The van der Waals surface area contributed by atoms with E-state index >= 15 is 0 Å². The summed E-state index contributed by atoms with van der Waals surface area (Å²) in [5, 5.41) is 9.64. The number of benzene rings is 1. The van der Waals surface area contributed by atoms with Crippen LogP contribution in [0.15, 0.2) is 24.3 Å². The number of Topliss-reactive ketones (excluding diaryl/α,β-unsaturated/α-hetero) is 1. The maximum absolute atomic E-state index is 13.4. The second-order valence-electron chi connectivity index (χ2n) is 4.76. The number of fused-ring (bicyclic) bond motifs is 1. The fourth-order valence-corrected chi connectivity index (χ4v) is 2.48. The topological polar surface area (TPSA) is 85.4 Å². The average molecular weight is 276 g/mol. The Kier molecular flexibility index (Phi) is 3.11. The van der Waals surface area contributed by atoms with Crippen molar-refractivity contribution in [3.8, 4) is 0 Å². The van der Waals surface area contributed by atoms with E-state index in [-0.39, 0.29) is 24.6 Å². The van der Waals surface area contributed by atoms with Crippen LogP contribution in [0, 0.1) is 5.82 Å². The van der Waals surface area contributed by atoms with E-state index < -0.39 is 18.0 Å². The quantitative estimate of drug-likeness (QED) is 0.864. The van der Waals surface area contributed by atoms with Gasteiger partial charge in [-0.15, -0.1) is 0 Å². The first kappa shape index (κ1) is 13.0. The Bertz CT molecular complexity index is 689.